The number of hydrogen-bond donors (Lipinski definition) is 0. The van der Waals surface area contributed by atoms with Crippen molar-refractivity contribution in [3.05, 3.63) is 0 Å². The van der Waals surface area contributed by atoms with Crippen molar-refractivity contribution < 1.29 is 4.74 Å². The molecule has 0 bridgehead atoms. The summed E-state index contributed by atoms with van der Waals surface area (Å²) in [5.74, 6) is 2.61. The van der Waals surface area contributed by atoms with Gasteiger partial charge in [0.05, 0.1) is 6.10 Å². The molecule has 11 heavy (non-hydrogen) atoms. The molecule has 2 atom stereocenters. The zero-order valence-electron chi connectivity index (χ0n) is 7.18. The van der Waals surface area contributed by atoms with E-state index >= 15 is 0 Å². The summed E-state index contributed by atoms with van der Waals surface area (Å²) < 4.78 is 5.21. The van der Waals surface area contributed by atoms with Crippen molar-refractivity contribution in [1.82, 2.24) is 0 Å². The minimum absolute atomic E-state index is 0.150. The van der Waals surface area contributed by atoms with Crippen LogP contribution in [0, 0.1) is 12.3 Å². The molecular formula is C10H16O. The van der Waals surface area contributed by atoms with Gasteiger partial charge in [0, 0.05) is 0 Å². The number of ether oxygens (including phenoxy) is 1. The Bertz CT molecular complexity index is 145. The Labute approximate surface area is 69.1 Å². The highest BCUT2D eigenvalue weighted by atomic mass is 16.6. The van der Waals surface area contributed by atoms with Crippen LogP contribution in [0.15, 0.2) is 0 Å². The number of unbranched alkanes of at least 4 members (excludes halogenated alkanes) is 3. The Morgan fingerprint density at radius 1 is 1.36 bits per heavy atom. The molecule has 0 N–H and O–H groups in total. The quantitative estimate of drug-likeness (QED) is 0.335. The molecule has 1 heterocycles. The first-order valence-electron chi connectivity index (χ1n) is 4.50. The van der Waals surface area contributed by atoms with Gasteiger partial charge in [-0.1, -0.05) is 38.5 Å². The van der Waals surface area contributed by atoms with Gasteiger partial charge in [-0.05, 0) is 6.42 Å². The van der Waals surface area contributed by atoms with Crippen molar-refractivity contribution in [2.75, 3.05) is 0 Å². The average Bonchev–Trinajstić information content (AvgIpc) is 2.77. The minimum atomic E-state index is 0.150. The molecule has 0 unspecified atom stereocenters. The maximum absolute atomic E-state index is 5.21. The van der Waals surface area contributed by atoms with E-state index in [1.165, 1.54) is 25.7 Å². The normalized spacial score (nSPS) is 28.0. The summed E-state index contributed by atoms with van der Waals surface area (Å²) in [6.45, 7) is 2.22. The first-order valence-corrected chi connectivity index (χ1v) is 4.50. The second-order valence-corrected chi connectivity index (χ2v) is 3.11. The lowest BCUT2D eigenvalue weighted by Gasteiger charge is -1.94. The van der Waals surface area contributed by atoms with Crippen LogP contribution in [0.4, 0.5) is 0 Å². The largest absolute Gasteiger partial charge is 0.356 e. The fourth-order valence-electron chi connectivity index (χ4n) is 1.28. The van der Waals surface area contributed by atoms with E-state index < -0.39 is 0 Å². The Hall–Kier alpha value is -0.480. The van der Waals surface area contributed by atoms with Gasteiger partial charge in [-0.3, -0.25) is 0 Å². The van der Waals surface area contributed by atoms with E-state index in [9.17, 15) is 0 Å². The zero-order valence-corrected chi connectivity index (χ0v) is 7.18. The molecule has 0 amide bonds. The Morgan fingerprint density at radius 2 is 2.18 bits per heavy atom. The number of rotatable bonds is 5. The summed E-state index contributed by atoms with van der Waals surface area (Å²) >= 11 is 0. The Balaban J connectivity index is 1.87. The second-order valence-electron chi connectivity index (χ2n) is 3.11. The van der Waals surface area contributed by atoms with Crippen LogP contribution >= 0.6 is 0 Å². The molecule has 0 spiro atoms. The van der Waals surface area contributed by atoms with Crippen LogP contribution in [0.1, 0.15) is 39.0 Å². The molecule has 62 valence electrons. The summed E-state index contributed by atoms with van der Waals surface area (Å²) in [6, 6.07) is 0. The molecule has 0 aromatic carbocycles. The SMILES string of the molecule is C#C[C@H]1O[C@H]1CCCCCC. The number of epoxide rings is 1. The Kier molecular flexibility index (Phi) is 3.45. The standard InChI is InChI=1S/C10H16O/c1-3-5-6-7-8-10-9(4-2)11-10/h2,9-10H,3,5-8H2,1H3/t9-,10+/m1/s1. The highest BCUT2D eigenvalue weighted by Crippen LogP contribution is 2.26. The zero-order chi connectivity index (χ0) is 8.10. The van der Waals surface area contributed by atoms with Crippen molar-refractivity contribution in [3.8, 4) is 12.3 Å². The lowest BCUT2D eigenvalue weighted by molar-refractivity contribution is 0.375. The van der Waals surface area contributed by atoms with Crippen LogP contribution in [0.5, 0.6) is 0 Å². The molecule has 1 aliphatic rings. The van der Waals surface area contributed by atoms with Crippen molar-refractivity contribution in [2.45, 2.75) is 51.2 Å². The highest BCUT2D eigenvalue weighted by Gasteiger charge is 2.35. The maximum Gasteiger partial charge on any atom is 0.144 e. The van der Waals surface area contributed by atoms with E-state index in [0.29, 0.717) is 6.10 Å². The predicted octanol–water partition coefficient (Wildman–Crippen LogP) is 2.36. The van der Waals surface area contributed by atoms with Gasteiger partial charge < -0.3 is 4.74 Å². The molecule has 1 nitrogen and oxygen atoms in total. The van der Waals surface area contributed by atoms with Gasteiger partial charge in [-0.25, -0.2) is 0 Å². The van der Waals surface area contributed by atoms with Crippen LogP contribution in [-0.4, -0.2) is 12.2 Å². The first-order chi connectivity index (χ1) is 5.38. The molecule has 1 heteroatoms. The lowest BCUT2D eigenvalue weighted by Crippen LogP contribution is -1.90. The van der Waals surface area contributed by atoms with E-state index in [1.54, 1.807) is 0 Å². The summed E-state index contributed by atoms with van der Waals surface area (Å²) in [5.41, 5.74) is 0. The number of hydrogen-bond acceptors (Lipinski definition) is 1. The molecule has 0 radical (unpaired) electrons. The third-order valence-electron chi connectivity index (χ3n) is 2.09. The molecule has 0 aliphatic carbocycles. The van der Waals surface area contributed by atoms with E-state index in [0.717, 1.165) is 6.42 Å². The smallest absolute Gasteiger partial charge is 0.144 e. The molecule has 1 rings (SSSR count). The second kappa shape index (κ2) is 4.41. The summed E-state index contributed by atoms with van der Waals surface area (Å²) in [7, 11) is 0. The highest BCUT2D eigenvalue weighted by molar-refractivity contribution is 5.07. The minimum Gasteiger partial charge on any atom is -0.356 e. The molecule has 1 aliphatic heterocycles. The third-order valence-corrected chi connectivity index (χ3v) is 2.09. The topological polar surface area (TPSA) is 12.5 Å². The van der Waals surface area contributed by atoms with Crippen LogP contribution in [0.3, 0.4) is 0 Å². The first kappa shape index (κ1) is 8.62. The van der Waals surface area contributed by atoms with E-state index in [2.05, 4.69) is 12.8 Å². The number of terminal acetylenes is 1. The van der Waals surface area contributed by atoms with Crippen LogP contribution in [0.25, 0.3) is 0 Å². The molecule has 1 saturated heterocycles. The van der Waals surface area contributed by atoms with Gasteiger partial charge in [0.15, 0.2) is 0 Å². The molecule has 0 saturated carbocycles. The summed E-state index contributed by atoms with van der Waals surface area (Å²) in [6.07, 6.45) is 12.1. The molecule has 0 aromatic rings. The predicted molar refractivity (Wildman–Crippen MR) is 46.3 cm³/mol. The van der Waals surface area contributed by atoms with Crippen molar-refractivity contribution in [1.29, 1.82) is 0 Å². The molecule has 1 fully saturated rings. The van der Waals surface area contributed by atoms with E-state index in [-0.39, 0.29) is 6.10 Å². The maximum atomic E-state index is 5.21. The molecular weight excluding hydrogens is 136 g/mol. The van der Waals surface area contributed by atoms with Gasteiger partial charge in [-0.15, -0.1) is 6.42 Å². The van der Waals surface area contributed by atoms with Crippen LogP contribution in [0.2, 0.25) is 0 Å². The summed E-state index contributed by atoms with van der Waals surface area (Å²) in [5, 5.41) is 0. The van der Waals surface area contributed by atoms with Gasteiger partial charge in [-0.2, -0.15) is 0 Å². The third kappa shape index (κ3) is 2.95. The van der Waals surface area contributed by atoms with Gasteiger partial charge in [0.2, 0.25) is 0 Å². The van der Waals surface area contributed by atoms with Crippen molar-refractivity contribution >= 4 is 0 Å². The monoisotopic (exact) mass is 152 g/mol. The van der Waals surface area contributed by atoms with Gasteiger partial charge in [0.25, 0.3) is 0 Å². The van der Waals surface area contributed by atoms with Crippen molar-refractivity contribution in [2.24, 2.45) is 0 Å². The van der Waals surface area contributed by atoms with Gasteiger partial charge >= 0.3 is 0 Å². The van der Waals surface area contributed by atoms with E-state index in [4.69, 9.17) is 11.2 Å². The fourth-order valence-corrected chi connectivity index (χ4v) is 1.28. The van der Waals surface area contributed by atoms with Crippen LogP contribution in [-0.2, 0) is 4.74 Å². The van der Waals surface area contributed by atoms with Gasteiger partial charge in [0.1, 0.15) is 6.10 Å². The summed E-state index contributed by atoms with van der Waals surface area (Å²) in [4.78, 5) is 0. The fraction of sp³-hybridized carbons (Fsp3) is 0.800. The lowest BCUT2D eigenvalue weighted by atomic mass is 10.1. The van der Waals surface area contributed by atoms with E-state index in [1.807, 2.05) is 0 Å². The molecule has 0 aromatic heterocycles. The Morgan fingerprint density at radius 3 is 2.73 bits per heavy atom. The van der Waals surface area contributed by atoms with Crippen LogP contribution < -0.4 is 0 Å². The average molecular weight is 152 g/mol. The van der Waals surface area contributed by atoms with Crippen molar-refractivity contribution in [3.63, 3.8) is 0 Å².